The highest BCUT2D eigenvalue weighted by Crippen LogP contribution is 2.28. The van der Waals surface area contributed by atoms with Crippen molar-refractivity contribution < 1.29 is 0 Å². The van der Waals surface area contributed by atoms with Gasteiger partial charge in [0.15, 0.2) is 0 Å². The van der Waals surface area contributed by atoms with Crippen LogP contribution in [0.4, 0.5) is 11.4 Å². The van der Waals surface area contributed by atoms with Crippen LogP contribution in [0, 0.1) is 13.8 Å². The van der Waals surface area contributed by atoms with Gasteiger partial charge in [-0.05, 0) is 44.2 Å². The number of nitrogens with two attached hydrogens (primary N) is 1. The number of aromatic nitrogens is 2. The van der Waals surface area contributed by atoms with Crippen LogP contribution in [0.3, 0.4) is 0 Å². The van der Waals surface area contributed by atoms with Gasteiger partial charge in [-0.15, -0.1) is 0 Å². The summed E-state index contributed by atoms with van der Waals surface area (Å²) in [6.07, 6.45) is 1.83. The first-order valence-electron chi connectivity index (χ1n) is 6.95. The van der Waals surface area contributed by atoms with Gasteiger partial charge in [-0.3, -0.25) is 9.97 Å². The zero-order chi connectivity index (χ0) is 14.8. The number of hydrogen-bond donors (Lipinski definition) is 2. The monoisotopic (exact) mass is 278 g/mol. The third-order valence-electron chi connectivity index (χ3n) is 3.48. The lowest BCUT2D eigenvalue weighted by Crippen LogP contribution is -2.03. The standard InChI is InChI=1S/C17H18N4/c1-11-4-3-5-13(21-11)9-20-17-7-6-16(18)15-10-19-12(2)8-14(15)17/h3-8,10,20H,9,18H2,1-2H3. The second kappa shape index (κ2) is 5.40. The predicted molar refractivity (Wildman–Crippen MR) is 87.2 cm³/mol. The highest BCUT2D eigenvalue weighted by Gasteiger charge is 2.05. The number of aryl methyl sites for hydroxylation is 2. The van der Waals surface area contributed by atoms with E-state index in [1.165, 1.54) is 0 Å². The quantitative estimate of drug-likeness (QED) is 0.720. The Balaban J connectivity index is 1.94. The Morgan fingerprint density at radius 1 is 1.05 bits per heavy atom. The number of benzene rings is 1. The van der Waals surface area contributed by atoms with E-state index in [0.717, 1.165) is 39.2 Å². The van der Waals surface area contributed by atoms with Crippen LogP contribution in [0.2, 0.25) is 0 Å². The predicted octanol–water partition coefficient (Wildman–Crippen LogP) is 3.44. The van der Waals surface area contributed by atoms with E-state index in [1.54, 1.807) is 0 Å². The van der Waals surface area contributed by atoms with Gasteiger partial charge in [-0.25, -0.2) is 0 Å². The molecule has 0 spiro atoms. The molecule has 0 atom stereocenters. The third kappa shape index (κ3) is 2.79. The van der Waals surface area contributed by atoms with Gasteiger partial charge < -0.3 is 11.1 Å². The number of rotatable bonds is 3. The van der Waals surface area contributed by atoms with E-state index in [0.29, 0.717) is 6.54 Å². The van der Waals surface area contributed by atoms with E-state index < -0.39 is 0 Å². The highest BCUT2D eigenvalue weighted by molar-refractivity contribution is 6.00. The summed E-state index contributed by atoms with van der Waals surface area (Å²) >= 11 is 0. The molecule has 4 heteroatoms. The maximum absolute atomic E-state index is 6.02. The Bertz CT molecular complexity index is 796. The average Bonchev–Trinajstić information content (AvgIpc) is 2.46. The minimum absolute atomic E-state index is 0.683. The molecule has 0 aliphatic heterocycles. The van der Waals surface area contributed by atoms with E-state index in [1.807, 2.05) is 50.4 Å². The summed E-state index contributed by atoms with van der Waals surface area (Å²) in [5.74, 6) is 0. The number of nitrogens with zero attached hydrogens (tertiary/aromatic N) is 2. The molecule has 4 nitrogen and oxygen atoms in total. The zero-order valence-electron chi connectivity index (χ0n) is 12.2. The summed E-state index contributed by atoms with van der Waals surface area (Å²) in [6, 6.07) is 12.0. The molecule has 0 bridgehead atoms. The smallest absolute Gasteiger partial charge is 0.0597 e. The van der Waals surface area contributed by atoms with Crippen LogP contribution in [-0.2, 0) is 6.54 Å². The zero-order valence-corrected chi connectivity index (χ0v) is 12.2. The van der Waals surface area contributed by atoms with Gasteiger partial charge in [0.2, 0.25) is 0 Å². The van der Waals surface area contributed by atoms with Gasteiger partial charge >= 0.3 is 0 Å². The van der Waals surface area contributed by atoms with Crippen molar-refractivity contribution in [2.24, 2.45) is 0 Å². The molecule has 0 aliphatic rings. The fourth-order valence-corrected chi connectivity index (χ4v) is 2.40. The number of fused-ring (bicyclic) bond motifs is 1. The van der Waals surface area contributed by atoms with Gasteiger partial charge in [-0.1, -0.05) is 6.07 Å². The van der Waals surface area contributed by atoms with Gasteiger partial charge in [-0.2, -0.15) is 0 Å². The van der Waals surface area contributed by atoms with Crippen LogP contribution in [0.25, 0.3) is 10.8 Å². The van der Waals surface area contributed by atoms with Gasteiger partial charge in [0.1, 0.15) is 0 Å². The molecular weight excluding hydrogens is 260 g/mol. The van der Waals surface area contributed by atoms with Crippen molar-refractivity contribution >= 4 is 22.1 Å². The minimum atomic E-state index is 0.683. The molecule has 21 heavy (non-hydrogen) atoms. The molecule has 0 aliphatic carbocycles. The summed E-state index contributed by atoms with van der Waals surface area (Å²) < 4.78 is 0. The molecular formula is C17H18N4. The molecule has 3 N–H and O–H groups in total. The fraction of sp³-hybridized carbons (Fsp3) is 0.176. The van der Waals surface area contributed by atoms with E-state index in [-0.39, 0.29) is 0 Å². The SMILES string of the molecule is Cc1cc2c(NCc3cccc(C)n3)ccc(N)c2cn1. The second-order valence-corrected chi connectivity index (χ2v) is 5.20. The lowest BCUT2D eigenvalue weighted by molar-refractivity contribution is 1.02. The van der Waals surface area contributed by atoms with Crippen molar-refractivity contribution in [3.05, 3.63) is 59.7 Å². The maximum atomic E-state index is 6.02. The van der Waals surface area contributed by atoms with Crippen molar-refractivity contribution in [3.63, 3.8) is 0 Å². The average molecular weight is 278 g/mol. The summed E-state index contributed by atoms with van der Waals surface area (Å²) in [6.45, 7) is 4.66. The normalized spacial score (nSPS) is 10.8. The molecule has 0 saturated heterocycles. The first-order valence-corrected chi connectivity index (χ1v) is 6.95. The van der Waals surface area contributed by atoms with E-state index in [4.69, 9.17) is 5.73 Å². The Kier molecular flexibility index (Phi) is 3.44. The molecule has 0 radical (unpaired) electrons. The van der Waals surface area contributed by atoms with Gasteiger partial charge in [0.25, 0.3) is 0 Å². The molecule has 0 saturated carbocycles. The molecule has 106 valence electrons. The third-order valence-corrected chi connectivity index (χ3v) is 3.48. The van der Waals surface area contributed by atoms with Gasteiger partial charge in [0, 0.05) is 39.7 Å². The second-order valence-electron chi connectivity index (χ2n) is 5.20. The van der Waals surface area contributed by atoms with Crippen molar-refractivity contribution in [2.75, 3.05) is 11.1 Å². The molecule has 0 unspecified atom stereocenters. The van der Waals surface area contributed by atoms with Crippen molar-refractivity contribution in [1.29, 1.82) is 0 Å². The van der Waals surface area contributed by atoms with E-state index in [2.05, 4.69) is 21.4 Å². The van der Waals surface area contributed by atoms with E-state index >= 15 is 0 Å². The summed E-state index contributed by atoms with van der Waals surface area (Å²) in [7, 11) is 0. The summed E-state index contributed by atoms with van der Waals surface area (Å²) in [4.78, 5) is 8.82. The highest BCUT2D eigenvalue weighted by atomic mass is 14.9. The lowest BCUT2D eigenvalue weighted by Gasteiger charge is -2.12. The first kappa shape index (κ1) is 13.4. The summed E-state index contributed by atoms with van der Waals surface area (Å²) in [5.41, 5.74) is 10.8. The van der Waals surface area contributed by atoms with Crippen LogP contribution in [0.15, 0.2) is 42.6 Å². The molecule has 1 aromatic carbocycles. The van der Waals surface area contributed by atoms with E-state index in [9.17, 15) is 0 Å². The lowest BCUT2D eigenvalue weighted by atomic mass is 10.1. The van der Waals surface area contributed by atoms with Crippen LogP contribution in [-0.4, -0.2) is 9.97 Å². The molecule has 0 amide bonds. The van der Waals surface area contributed by atoms with Crippen molar-refractivity contribution in [1.82, 2.24) is 9.97 Å². The topological polar surface area (TPSA) is 63.8 Å². The Morgan fingerprint density at radius 3 is 2.71 bits per heavy atom. The Morgan fingerprint density at radius 2 is 1.90 bits per heavy atom. The molecule has 2 heterocycles. The molecule has 2 aromatic heterocycles. The Hall–Kier alpha value is -2.62. The fourth-order valence-electron chi connectivity index (χ4n) is 2.40. The van der Waals surface area contributed by atoms with Crippen LogP contribution in [0.5, 0.6) is 0 Å². The molecule has 3 rings (SSSR count). The number of nitrogens with one attached hydrogen (secondary N) is 1. The van der Waals surface area contributed by atoms with Crippen LogP contribution >= 0.6 is 0 Å². The largest absolute Gasteiger partial charge is 0.398 e. The molecule has 3 aromatic rings. The van der Waals surface area contributed by atoms with Crippen LogP contribution in [0.1, 0.15) is 17.1 Å². The van der Waals surface area contributed by atoms with Gasteiger partial charge in [0.05, 0.1) is 12.2 Å². The molecule has 0 fully saturated rings. The van der Waals surface area contributed by atoms with Crippen molar-refractivity contribution in [3.8, 4) is 0 Å². The summed E-state index contributed by atoms with van der Waals surface area (Å²) in [5, 5.41) is 5.51. The van der Waals surface area contributed by atoms with Crippen LogP contribution < -0.4 is 11.1 Å². The first-order chi connectivity index (χ1) is 10.1. The number of nitrogen functional groups attached to an aromatic ring is 1. The Labute approximate surface area is 124 Å². The number of hydrogen-bond acceptors (Lipinski definition) is 4. The van der Waals surface area contributed by atoms with Crippen molar-refractivity contribution in [2.45, 2.75) is 20.4 Å². The number of anilines is 2. The minimum Gasteiger partial charge on any atom is -0.398 e. The maximum Gasteiger partial charge on any atom is 0.0597 e. The number of pyridine rings is 2.